The summed E-state index contributed by atoms with van der Waals surface area (Å²) in [5.74, 6) is 0.648. The summed E-state index contributed by atoms with van der Waals surface area (Å²) >= 11 is 0. The molecular weight excluding hydrogens is 276 g/mol. The van der Waals surface area contributed by atoms with E-state index in [2.05, 4.69) is 20.0 Å². The van der Waals surface area contributed by atoms with E-state index in [-0.39, 0.29) is 5.03 Å². The Bertz CT molecular complexity index is 662. The van der Waals surface area contributed by atoms with Crippen LogP contribution in [-0.4, -0.2) is 25.4 Å². The zero-order valence-electron chi connectivity index (χ0n) is 11.5. The van der Waals surface area contributed by atoms with Gasteiger partial charge in [-0.05, 0) is 24.7 Å². The molecule has 2 rings (SSSR count). The zero-order valence-corrected chi connectivity index (χ0v) is 12.3. The van der Waals surface area contributed by atoms with Crippen molar-refractivity contribution in [3.63, 3.8) is 0 Å². The predicted molar refractivity (Wildman–Crippen MR) is 78.0 cm³/mol. The topological polar surface area (TPSA) is 86.9 Å². The lowest BCUT2D eigenvalue weighted by atomic mass is 10.2. The number of imidazole rings is 1. The quantitative estimate of drug-likeness (QED) is 0.753. The average molecular weight is 294 g/mol. The third-order valence-electron chi connectivity index (χ3n) is 2.82. The molecule has 1 aromatic heterocycles. The molecule has 20 heavy (non-hydrogen) atoms. The van der Waals surface area contributed by atoms with Crippen LogP contribution in [0, 0.1) is 0 Å². The van der Waals surface area contributed by atoms with Gasteiger partial charge in [-0.15, -0.1) is 0 Å². The third kappa shape index (κ3) is 3.37. The molecule has 0 aliphatic rings. The van der Waals surface area contributed by atoms with E-state index in [9.17, 15) is 8.42 Å². The van der Waals surface area contributed by atoms with Crippen LogP contribution in [-0.2, 0) is 23.0 Å². The number of anilines is 1. The molecule has 0 bridgehead atoms. The molecule has 0 radical (unpaired) electrons. The number of benzene rings is 1. The van der Waals surface area contributed by atoms with Crippen LogP contribution < -0.4 is 10.0 Å². The Labute approximate surface area is 118 Å². The van der Waals surface area contributed by atoms with Gasteiger partial charge in [0, 0.05) is 18.7 Å². The van der Waals surface area contributed by atoms with Gasteiger partial charge in [0.25, 0.3) is 10.0 Å². The number of aromatic nitrogens is 2. The van der Waals surface area contributed by atoms with Gasteiger partial charge in [0.2, 0.25) is 0 Å². The maximum atomic E-state index is 12.1. The van der Waals surface area contributed by atoms with Crippen molar-refractivity contribution in [2.45, 2.75) is 24.9 Å². The van der Waals surface area contributed by atoms with Crippen LogP contribution in [0.2, 0.25) is 0 Å². The van der Waals surface area contributed by atoms with Crippen molar-refractivity contribution in [1.82, 2.24) is 15.3 Å². The first-order valence-electron chi connectivity index (χ1n) is 6.35. The van der Waals surface area contributed by atoms with Gasteiger partial charge in [-0.2, -0.15) is 8.42 Å². The van der Waals surface area contributed by atoms with Gasteiger partial charge in [0.05, 0.1) is 6.20 Å². The van der Waals surface area contributed by atoms with Crippen molar-refractivity contribution in [2.75, 3.05) is 11.8 Å². The molecule has 0 saturated heterocycles. The largest absolute Gasteiger partial charge is 0.332 e. The number of aromatic amines is 1. The second-order valence-corrected chi connectivity index (χ2v) is 6.03. The van der Waals surface area contributed by atoms with Gasteiger partial charge in [-0.1, -0.05) is 19.1 Å². The molecule has 0 aliphatic carbocycles. The summed E-state index contributed by atoms with van der Waals surface area (Å²) in [6, 6.07) is 7.22. The molecule has 0 atom stereocenters. The minimum atomic E-state index is -3.61. The van der Waals surface area contributed by atoms with E-state index in [0.29, 0.717) is 17.9 Å². The number of sulfonamides is 1. The molecule has 0 fully saturated rings. The number of rotatable bonds is 6. The molecule has 7 heteroatoms. The monoisotopic (exact) mass is 294 g/mol. The van der Waals surface area contributed by atoms with Crippen LogP contribution in [0.1, 0.15) is 18.3 Å². The van der Waals surface area contributed by atoms with Crippen LogP contribution in [0.15, 0.2) is 35.5 Å². The highest BCUT2D eigenvalue weighted by Gasteiger charge is 2.16. The summed E-state index contributed by atoms with van der Waals surface area (Å²) in [4.78, 5) is 6.78. The Morgan fingerprint density at radius 3 is 2.50 bits per heavy atom. The Kier molecular flexibility index (Phi) is 4.41. The highest BCUT2D eigenvalue weighted by molar-refractivity contribution is 7.92. The van der Waals surface area contributed by atoms with Gasteiger partial charge in [0.15, 0.2) is 5.03 Å². The van der Waals surface area contributed by atoms with Gasteiger partial charge < -0.3 is 10.3 Å². The van der Waals surface area contributed by atoms with Crippen molar-refractivity contribution >= 4 is 15.7 Å². The molecule has 1 heterocycles. The molecule has 2 aromatic rings. The molecule has 6 nitrogen and oxygen atoms in total. The summed E-state index contributed by atoms with van der Waals surface area (Å²) < 4.78 is 26.8. The minimum absolute atomic E-state index is 0.0775. The first kappa shape index (κ1) is 14.5. The summed E-state index contributed by atoms with van der Waals surface area (Å²) in [6.45, 7) is 2.65. The second kappa shape index (κ2) is 6.06. The van der Waals surface area contributed by atoms with Crippen molar-refractivity contribution in [3.8, 4) is 0 Å². The highest BCUT2D eigenvalue weighted by atomic mass is 32.2. The molecule has 0 spiro atoms. The fourth-order valence-electron chi connectivity index (χ4n) is 1.76. The smallest absolute Gasteiger partial charge is 0.278 e. The zero-order chi connectivity index (χ0) is 14.6. The minimum Gasteiger partial charge on any atom is -0.332 e. The lowest BCUT2D eigenvalue weighted by molar-refractivity contribution is 0.598. The number of nitrogens with zero attached hydrogens (tertiary/aromatic N) is 1. The maximum Gasteiger partial charge on any atom is 0.278 e. The van der Waals surface area contributed by atoms with E-state index in [1.54, 1.807) is 12.1 Å². The van der Waals surface area contributed by atoms with Gasteiger partial charge in [0.1, 0.15) is 5.82 Å². The fourth-order valence-corrected chi connectivity index (χ4v) is 2.76. The first-order chi connectivity index (χ1) is 9.55. The van der Waals surface area contributed by atoms with E-state index in [1.165, 1.54) is 6.20 Å². The second-order valence-electron chi connectivity index (χ2n) is 4.38. The van der Waals surface area contributed by atoms with Gasteiger partial charge in [-0.25, -0.2) is 4.98 Å². The van der Waals surface area contributed by atoms with Gasteiger partial charge in [-0.3, -0.25) is 4.72 Å². The molecule has 0 saturated carbocycles. The van der Waals surface area contributed by atoms with Crippen LogP contribution in [0.4, 0.5) is 5.69 Å². The lowest BCUT2D eigenvalue weighted by Gasteiger charge is -2.07. The molecule has 108 valence electrons. The first-order valence-corrected chi connectivity index (χ1v) is 7.83. The number of aryl methyl sites for hydroxylation is 1. The van der Waals surface area contributed by atoms with Crippen molar-refractivity contribution in [3.05, 3.63) is 41.9 Å². The van der Waals surface area contributed by atoms with Crippen LogP contribution in [0.5, 0.6) is 0 Å². The van der Waals surface area contributed by atoms with Crippen molar-refractivity contribution in [2.24, 2.45) is 0 Å². The van der Waals surface area contributed by atoms with E-state index in [4.69, 9.17) is 0 Å². The number of hydrogen-bond donors (Lipinski definition) is 3. The number of H-pyrrole nitrogens is 1. The molecule has 0 aliphatic heterocycles. The van der Waals surface area contributed by atoms with Gasteiger partial charge >= 0.3 is 0 Å². The summed E-state index contributed by atoms with van der Waals surface area (Å²) in [6.07, 6.45) is 1.99. The summed E-state index contributed by atoms with van der Waals surface area (Å²) in [7, 11) is -1.75. The fraction of sp³-hybridized carbons (Fsp3) is 0.308. The number of nitrogens with one attached hydrogen (secondary N) is 3. The summed E-state index contributed by atoms with van der Waals surface area (Å²) in [5, 5.41) is 3.11. The molecule has 1 aromatic carbocycles. The standard InChI is InChI=1S/C13H18N4O2S/c1-3-12-15-9-13(16-12)20(18,19)17-11-6-4-10(5-7-11)8-14-2/h4-7,9,14,17H,3,8H2,1-2H3,(H,15,16). The molecular formula is C13H18N4O2S. The SMILES string of the molecule is CCc1ncc(S(=O)(=O)Nc2ccc(CNC)cc2)[nH]1. The average Bonchev–Trinajstić information content (AvgIpc) is 2.91. The van der Waals surface area contributed by atoms with Crippen molar-refractivity contribution < 1.29 is 8.42 Å². The maximum absolute atomic E-state index is 12.1. The Balaban J connectivity index is 2.15. The Morgan fingerprint density at radius 2 is 1.95 bits per heavy atom. The van der Waals surface area contributed by atoms with E-state index >= 15 is 0 Å². The Morgan fingerprint density at radius 1 is 1.25 bits per heavy atom. The molecule has 0 unspecified atom stereocenters. The van der Waals surface area contributed by atoms with E-state index in [1.807, 2.05) is 26.1 Å². The van der Waals surface area contributed by atoms with E-state index in [0.717, 1.165) is 12.1 Å². The number of hydrogen-bond acceptors (Lipinski definition) is 4. The predicted octanol–water partition coefficient (Wildman–Crippen LogP) is 1.49. The normalized spacial score (nSPS) is 11.5. The van der Waals surface area contributed by atoms with Crippen molar-refractivity contribution in [1.29, 1.82) is 0 Å². The van der Waals surface area contributed by atoms with Crippen LogP contribution in [0.3, 0.4) is 0 Å². The lowest BCUT2D eigenvalue weighted by Crippen LogP contribution is -2.13. The Hall–Kier alpha value is -1.86. The third-order valence-corrected chi connectivity index (χ3v) is 4.11. The molecule has 0 amide bonds. The van der Waals surface area contributed by atoms with Crippen LogP contribution in [0.25, 0.3) is 0 Å². The van der Waals surface area contributed by atoms with E-state index < -0.39 is 10.0 Å². The molecule has 3 N–H and O–H groups in total. The summed E-state index contributed by atoms with van der Waals surface area (Å²) in [5.41, 5.74) is 1.61. The van der Waals surface area contributed by atoms with Crippen LogP contribution >= 0.6 is 0 Å². The highest BCUT2D eigenvalue weighted by Crippen LogP contribution is 2.15.